The lowest BCUT2D eigenvalue weighted by Crippen LogP contribution is -1.90. The highest BCUT2D eigenvalue weighted by atomic mass is 35.5. The van der Waals surface area contributed by atoms with Gasteiger partial charge in [-0.2, -0.15) is 0 Å². The van der Waals surface area contributed by atoms with E-state index in [-0.39, 0.29) is 37.2 Å². The number of halogens is 3. The van der Waals surface area contributed by atoms with Crippen molar-refractivity contribution in [3.8, 4) is 0 Å². The summed E-state index contributed by atoms with van der Waals surface area (Å²) in [5.74, 6) is 0.322. The van der Waals surface area contributed by atoms with Crippen LogP contribution in [0.5, 0.6) is 0 Å². The van der Waals surface area contributed by atoms with Crippen LogP contribution < -0.4 is 5.73 Å². The van der Waals surface area contributed by atoms with Crippen LogP contribution >= 0.6 is 37.2 Å². The zero-order valence-corrected chi connectivity index (χ0v) is 7.38. The van der Waals surface area contributed by atoms with Crippen molar-refractivity contribution < 1.29 is 0 Å². The van der Waals surface area contributed by atoms with Gasteiger partial charge in [0.1, 0.15) is 0 Å². The molecule has 6 heteroatoms. The summed E-state index contributed by atoms with van der Waals surface area (Å²) in [5, 5.41) is 0. The summed E-state index contributed by atoms with van der Waals surface area (Å²) in [4.78, 5) is 7.29. The molecule has 0 radical (unpaired) electrons. The number of nitrogens with zero attached hydrogens (tertiary/aromatic N) is 2. The van der Waals surface area contributed by atoms with E-state index in [4.69, 9.17) is 5.73 Å². The third-order valence-corrected chi connectivity index (χ3v) is 0.586. The molecule has 1 aromatic heterocycles. The van der Waals surface area contributed by atoms with Crippen LogP contribution in [-0.4, -0.2) is 9.97 Å². The predicted octanol–water partition coefficient (Wildman–Crippen LogP) is 1.32. The van der Waals surface area contributed by atoms with Gasteiger partial charge in [0.15, 0.2) is 0 Å². The topological polar surface area (TPSA) is 51.8 Å². The Labute approximate surface area is 77.7 Å². The maximum Gasteiger partial charge on any atom is 0.219 e. The minimum absolute atomic E-state index is 0. The van der Waals surface area contributed by atoms with Crippen molar-refractivity contribution in [2.24, 2.45) is 0 Å². The largest absolute Gasteiger partial charge is 0.368 e. The molecule has 0 aliphatic carbocycles. The first-order valence-electron chi connectivity index (χ1n) is 1.92. The van der Waals surface area contributed by atoms with Crippen molar-refractivity contribution in [1.82, 2.24) is 9.97 Å². The van der Waals surface area contributed by atoms with Gasteiger partial charge in [-0.15, -0.1) is 37.2 Å². The zero-order chi connectivity index (χ0) is 5.11. The summed E-state index contributed by atoms with van der Waals surface area (Å²) < 4.78 is 0. The highest BCUT2D eigenvalue weighted by Crippen LogP contribution is 1.81. The lowest BCUT2D eigenvalue weighted by molar-refractivity contribution is 1.19. The summed E-state index contributed by atoms with van der Waals surface area (Å²) in [7, 11) is 0. The molecule has 0 spiro atoms. The third kappa shape index (κ3) is 5.88. The van der Waals surface area contributed by atoms with Gasteiger partial charge in [-0.1, -0.05) is 0 Å². The van der Waals surface area contributed by atoms with Gasteiger partial charge >= 0.3 is 0 Å². The van der Waals surface area contributed by atoms with Crippen molar-refractivity contribution in [2.75, 3.05) is 5.73 Å². The van der Waals surface area contributed by atoms with Crippen LogP contribution in [0.15, 0.2) is 18.5 Å². The molecular formula is C4H8Cl3N3. The lowest BCUT2D eigenvalue weighted by atomic mass is 10.7. The maximum absolute atomic E-state index is 5.14. The van der Waals surface area contributed by atoms with Crippen LogP contribution in [-0.2, 0) is 0 Å². The zero-order valence-electron chi connectivity index (χ0n) is 4.93. The average molecular weight is 204 g/mol. The molecule has 0 aliphatic heterocycles. The normalized spacial score (nSPS) is 6.00. The molecule has 3 nitrogen and oxygen atoms in total. The second kappa shape index (κ2) is 8.75. The molecule has 1 rings (SSSR count). The summed E-state index contributed by atoms with van der Waals surface area (Å²) in [6.07, 6.45) is 3.20. The number of anilines is 1. The Morgan fingerprint density at radius 2 is 1.40 bits per heavy atom. The molecule has 2 N–H and O–H groups in total. The van der Waals surface area contributed by atoms with Crippen LogP contribution in [0, 0.1) is 0 Å². The molecule has 0 atom stereocenters. The second-order valence-electron chi connectivity index (χ2n) is 1.11. The Hall–Kier alpha value is -0.250. The van der Waals surface area contributed by atoms with E-state index in [9.17, 15) is 0 Å². The van der Waals surface area contributed by atoms with Crippen LogP contribution in [0.3, 0.4) is 0 Å². The summed E-state index contributed by atoms with van der Waals surface area (Å²) >= 11 is 0. The molecular weight excluding hydrogens is 196 g/mol. The highest BCUT2D eigenvalue weighted by molar-refractivity contribution is 5.86. The smallest absolute Gasteiger partial charge is 0.219 e. The molecule has 0 fully saturated rings. The van der Waals surface area contributed by atoms with E-state index in [1.807, 2.05) is 0 Å². The predicted molar refractivity (Wildman–Crippen MR) is 48.2 cm³/mol. The first-order chi connectivity index (χ1) is 3.39. The van der Waals surface area contributed by atoms with E-state index in [0.29, 0.717) is 5.95 Å². The first-order valence-corrected chi connectivity index (χ1v) is 1.92. The van der Waals surface area contributed by atoms with Crippen LogP contribution in [0.1, 0.15) is 0 Å². The maximum atomic E-state index is 5.14. The molecule has 0 unspecified atom stereocenters. The second-order valence-corrected chi connectivity index (χ2v) is 1.11. The Bertz CT molecular complexity index is 146. The summed E-state index contributed by atoms with van der Waals surface area (Å²) in [6, 6.07) is 1.72. The van der Waals surface area contributed by atoms with Crippen LogP contribution in [0.25, 0.3) is 0 Å². The van der Waals surface area contributed by atoms with Crippen molar-refractivity contribution in [3.05, 3.63) is 18.5 Å². The Morgan fingerprint density at radius 3 is 1.60 bits per heavy atom. The molecule has 10 heavy (non-hydrogen) atoms. The SMILES string of the molecule is Cl.Cl.Cl.Nc1ncccn1. The number of rotatable bonds is 0. The first kappa shape index (κ1) is 16.4. The number of hydrogen-bond acceptors (Lipinski definition) is 3. The standard InChI is InChI=1S/C4H5N3.3ClH/c5-4-6-2-1-3-7-4;;;/h1-3H,(H2,5,6,7);3*1H. The fourth-order valence-corrected chi connectivity index (χ4v) is 0.311. The van der Waals surface area contributed by atoms with Gasteiger partial charge in [0.05, 0.1) is 0 Å². The average Bonchev–Trinajstić information content (AvgIpc) is 1.69. The van der Waals surface area contributed by atoms with Gasteiger partial charge in [-0.05, 0) is 6.07 Å². The Morgan fingerprint density at radius 1 is 1.00 bits per heavy atom. The van der Waals surface area contributed by atoms with E-state index in [2.05, 4.69) is 9.97 Å². The van der Waals surface area contributed by atoms with E-state index in [1.165, 1.54) is 0 Å². The molecule has 1 heterocycles. The molecule has 60 valence electrons. The third-order valence-electron chi connectivity index (χ3n) is 0.586. The summed E-state index contributed by atoms with van der Waals surface area (Å²) in [6.45, 7) is 0. The van der Waals surface area contributed by atoms with E-state index in [0.717, 1.165) is 0 Å². The molecule has 0 amide bonds. The van der Waals surface area contributed by atoms with E-state index >= 15 is 0 Å². The number of nitrogens with two attached hydrogens (primary N) is 1. The van der Waals surface area contributed by atoms with Crippen molar-refractivity contribution in [3.63, 3.8) is 0 Å². The molecule has 0 saturated heterocycles. The van der Waals surface area contributed by atoms with E-state index in [1.54, 1.807) is 18.5 Å². The monoisotopic (exact) mass is 203 g/mol. The van der Waals surface area contributed by atoms with Gasteiger partial charge in [-0.3, -0.25) is 0 Å². The minimum Gasteiger partial charge on any atom is -0.368 e. The van der Waals surface area contributed by atoms with Gasteiger partial charge in [-0.25, -0.2) is 9.97 Å². The van der Waals surface area contributed by atoms with Gasteiger partial charge in [0.2, 0.25) is 5.95 Å². The van der Waals surface area contributed by atoms with Gasteiger partial charge in [0, 0.05) is 12.4 Å². The highest BCUT2D eigenvalue weighted by Gasteiger charge is 1.75. The van der Waals surface area contributed by atoms with Crippen molar-refractivity contribution in [2.45, 2.75) is 0 Å². The lowest BCUT2D eigenvalue weighted by Gasteiger charge is -1.82. The quantitative estimate of drug-likeness (QED) is 0.694. The van der Waals surface area contributed by atoms with Gasteiger partial charge < -0.3 is 5.73 Å². The van der Waals surface area contributed by atoms with E-state index < -0.39 is 0 Å². The minimum atomic E-state index is 0. The van der Waals surface area contributed by atoms with Crippen molar-refractivity contribution >= 4 is 43.2 Å². The molecule has 0 aliphatic rings. The molecule has 0 bridgehead atoms. The fraction of sp³-hybridized carbons (Fsp3) is 0. The Balaban J connectivity index is -0.000000163. The molecule has 0 saturated carbocycles. The van der Waals surface area contributed by atoms with Crippen LogP contribution in [0.4, 0.5) is 5.95 Å². The summed E-state index contributed by atoms with van der Waals surface area (Å²) in [5.41, 5.74) is 5.14. The van der Waals surface area contributed by atoms with Crippen LogP contribution in [0.2, 0.25) is 0 Å². The van der Waals surface area contributed by atoms with Gasteiger partial charge in [0.25, 0.3) is 0 Å². The Kier molecular flexibility index (Phi) is 14.3. The molecule has 0 aromatic carbocycles. The molecule has 1 aromatic rings. The number of hydrogen-bond donors (Lipinski definition) is 1. The number of nitrogen functional groups attached to an aromatic ring is 1. The van der Waals surface area contributed by atoms with Crippen molar-refractivity contribution in [1.29, 1.82) is 0 Å². The number of aromatic nitrogens is 2. The fourth-order valence-electron chi connectivity index (χ4n) is 0.311.